The number of nitrogens with one attached hydrogen (secondary N) is 2. The normalized spacial score (nSPS) is 12.4. The van der Waals surface area contributed by atoms with E-state index < -0.39 is 21.4 Å². The van der Waals surface area contributed by atoms with Gasteiger partial charge in [0, 0.05) is 0 Å². The molecule has 0 heterocycles. The fourth-order valence-electron chi connectivity index (χ4n) is 2.11. The first-order valence-electron chi connectivity index (χ1n) is 7.63. The highest BCUT2D eigenvalue weighted by molar-refractivity contribution is 7.91. The van der Waals surface area contributed by atoms with Gasteiger partial charge < -0.3 is 16.4 Å². The molecule has 0 saturated carbocycles. The van der Waals surface area contributed by atoms with Crippen LogP contribution in [0.25, 0.3) is 0 Å². The predicted molar refractivity (Wildman–Crippen MR) is 100 cm³/mol. The highest BCUT2D eigenvalue weighted by Gasteiger charge is 2.18. The maximum absolute atomic E-state index is 12.3. The Labute approximate surface area is 152 Å². The molecule has 0 aromatic heterocycles. The van der Waals surface area contributed by atoms with Crippen LogP contribution in [0.3, 0.4) is 0 Å². The van der Waals surface area contributed by atoms with Gasteiger partial charge in [-0.25, -0.2) is 13.2 Å². The molecule has 8 heteroatoms. The van der Waals surface area contributed by atoms with Crippen molar-refractivity contribution >= 4 is 38.8 Å². The average Bonchev–Trinajstić information content (AvgIpc) is 2.55. The molecule has 2 aromatic carbocycles. The number of sulfone groups is 1. The molecule has 0 aliphatic rings. The molecule has 6 nitrogen and oxygen atoms in total. The third-order valence-electron chi connectivity index (χ3n) is 3.52. The zero-order valence-electron chi connectivity index (χ0n) is 13.7. The van der Waals surface area contributed by atoms with E-state index in [9.17, 15) is 13.2 Å². The highest BCUT2D eigenvalue weighted by atomic mass is 35.5. The molecule has 134 valence electrons. The van der Waals surface area contributed by atoms with E-state index in [0.717, 1.165) is 5.56 Å². The minimum absolute atomic E-state index is 0.0788. The number of carbonyl (C=O) groups is 1. The quantitative estimate of drug-likeness (QED) is 0.406. The zero-order chi connectivity index (χ0) is 18.4. The highest BCUT2D eigenvalue weighted by Crippen LogP contribution is 2.17. The van der Waals surface area contributed by atoms with Crippen molar-refractivity contribution in [3.63, 3.8) is 0 Å². The fraction of sp³-hybridized carbons (Fsp3) is 0.235. The Balaban J connectivity index is 1.87. The fourth-order valence-corrected chi connectivity index (χ4v) is 3.78. The number of benzene rings is 2. The number of urea groups is 1. The number of para-hydroxylation sites is 2. The summed E-state index contributed by atoms with van der Waals surface area (Å²) in [4.78, 5) is 12.1. The minimum Gasteiger partial charge on any atom is -0.397 e. The van der Waals surface area contributed by atoms with E-state index in [2.05, 4.69) is 10.6 Å². The van der Waals surface area contributed by atoms with Crippen molar-refractivity contribution in [1.82, 2.24) is 5.32 Å². The van der Waals surface area contributed by atoms with Crippen molar-refractivity contribution in [1.29, 1.82) is 0 Å². The molecule has 0 aliphatic heterocycles. The van der Waals surface area contributed by atoms with E-state index in [1.165, 1.54) is 0 Å². The Morgan fingerprint density at radius 2 is 1.80 bits per heavy atom. The summed E-state index contributed by atoms with van der Waals surface area (Å²) in [5.41, 5.74) is 6.76. The van der Waals surface area contributed by atoms with Crippen LogP contribution in [0.1, 0.15) is 12.0 Å². The molecule has 0 bridgehead atoms. The van der Waals surface area contributed by atoms with Gasteiger partial charge in [0.2, 0.25) is 0 Å². The molecular weight excluding hydrogens is 362 g/mol. The van der Waals surface area contributed by atoms with Gasteiger partial charge in [-0.15, -0.1) is 0 Å². The summed E-state index contributed by atoms with van der Waals surface area (Å²) < 4.78 is 24.5. The van der Waals surface area contributed by atoms with Gasteiger partial charge in [-0.2, -0.15) is 0 Å². The first kappa shape index (κ1) is 19.1. The third kappa shape index (κ3) is 5.65. The van der Waals surface area contributed by atoms with Gasteiger partial charge >= 0.3 is 6.03 Å². The van der Waals surface area contributed by atoms with E-state index in [0.29, 0.717) is 11.4 Å². The number of nitrogen functional groups attached to an aromatic ring is 1. The second kappa shape index (κ2) is 8.22. The van der Waals surface area contributed by atoms with Crippen molar-refractivity contribution in [3.8, 4) is 0 Å². The zero-order valence-corrected chi connectivity index (χ0v) is 15.3. The number of hydrogen-bond donors (Lipinski definition) is 3. The molecule has 0 spiro atoms. The van der Waals surface area contributed by atoms with Gasteiger partial charge in [-0.3, -0.25) is 0 Å². The van der Waals surface area contributed by atoms with Crippen LogP contribution in [0.15, 0.2) is 53.4 Å². The smallest absolute Gasteiger partial charge is 0.320 e. The number of anilines is 2. The summed E-state index contributed by atoms with van der Waals surface area (Å²) in [5.74, 6) is -0.169. The Morgan fingerprint density at radius 1 is 1.16 bits per heavy atom. The summed E-state index contributed by atoms with van der Waals surface area (Å²) in [5, 5.41) is 5.05. The molecule has 2 rings (SSSR count). The third-order valence-corrected chi connectivity index (χ3v) is 5.61. The topological polar surface area (TPSA) is 101 Å². The standard InChI is InChI=1S/C17H20ClN3O3S/c1-12-6-8-13(9-7-12)25(23,24)11-10-16(18)21-17(22)20-15-5-3-2-4-14(15)19/h2-9,16H,10-11,19H2,1H3,(H2,20,21,22). The molecule has 0 aliphatic carbocycles. The van der Waals surface area contributed by atoms with Gasteiger partial charge in [0.05, 0.1) is 22.0 Å². The molecule has 4 N–H and O–H groups in total. The van der Waals surface area contributed by atoms with Crippen LogP contribution in [-0.4, -0.2) is 25.7 Å². The summed E-state index contributed by atoms with van der Waals surface area (Å²) in [7, 11) is -3.45. The van der Waals surface area contributed by atoms with Crippen LogP contribution < -0.4 is 16.4 Å². The molecule has 2 amide bonds. The van der Waals surface area contributed by atoms with Crippen molar-refractivity contribution in [2.45, 2.75) is 23.7 Å². The number of halogens is 1. The summed E-state index contributed by atoms with van der Waals surface area (Å²) in [6.45, 7) is 1.88. The van der Waals surface area contributed by atoms with Crippen LogP contribution in [0.4, 0.5) is 16.2 Å². The van der Waals surface area contributed by atoms with E-state index in [1.54, 1.807) is 48.5 Å². The number of alkyl halides is 1. The van der Waals surface area contributed by atoms with Gasteiger partial charge in [-0.1, -0.05) is 41.4 Å². The van der Waals surface area contributed by atoms with Crippen LogP contribution in [-0.2, 0) is 9.84 Å². The molecule has 0 saturated heterocycles. The van der Waals surface area contributed by atoms with E-state index in [4.69, 9.17) is 17.3 Å². The Morgan fingerprint density at radius 3 is 2.44 bits per heavy atom. The lowest BCUT2D eigenvalue weighted by Crippen LogP contribution is -2.35. The molecule has 1 unspecified atom stereocenters. The maximum atomic E-state index is 12.3. The van der Waals surface area contributed by atoms with Gasteiger partial charge in [-0.05, 0) is 37.6 Å². The second-order valence-corrected chi connectivity index (χ2v) is 8.21. The van der Waals surface area contributed by atoms with Gasteiger partial charge in [0.25, 0.3) is 0 Å². The summed E-state index contributed by atoms with van der Waals surface area (Å²) in [6.07, 6.45) is 0.0788. The number of amides is 2. The molecule has 25 heavy (non-hydrogen) atoms. The first-order chi connectivity index (χ1) is 11.8. The summed E-state index contributed by atoms with van der Waals surface area (Å²) >= 11 is 6.03. The number of hydrogen-bond acceptors (Lipinski definition) is 4. The lowest BCUT2D eigenvalue weighted by molar-refractivity contribution is 0.251. The monoisotopic (exact) mass is 381 g/mol. The lowest BCUT2D eigenvalue weighted by atomic mass is 10.2. The largest absolute Gasteiger partial charge is 0.397 e. The predicted octanol–water partition coefficient (Wildman–Crippen LogP) is 3.13. The molecule has 1 atom stereocenters. The van der Waals surface area contributed by atoms with Gasteiger partial charge in [0.1, 0.15) is 5.50 Å². The number of aryl methyl sites for hydroxylation is 1. The van der Waals surface area contributed by atoms with Crippen LogP contribution >= 0.6 is 11.6 Å². The molecule has 2 aromatic rings. The van der Waals surface area contributed by atoms with Crippen LogP contribution in [0.5, 0.6) is 0 Å². The van der Waals surface area contributed by atoms with E-state index >= 15 is 0 Å². The van der Waals surface area contributed by atoms with E-state index in [-0.39, 0.29) is 17.1 Å². The Kier molecular flexibility index (Phi) is 6.27. The molecular formula is C17H20ClN3O3S. The Bertz CT molecular complexity index is 838. The average molecular weight is 382 g/mol. The number of nitrogens with two attached hydrogens (primary N) is 1. The maximum Gasteiger partial charge on any atom is 0.320 e. The van der Waals surface area contributed by atoms with Crippen molar-refractivity contribution in [2.24, 2.45) is 0 Å². The molecule has 0 fully saturated rings. The molecule has 0 radical (unpaired) electrons. The van der Waals surface area contributed by atoms with Crippen LogP contribution in [0, 0.1) is 6.92 Å². The number of rotatable bonds is 6. The SMILES string of the molecule is Cc1ccc(S(=O)(=O)CCC(Cl)NC(=O)Nc2ccccc2N)cc1. The summed E-state index contributed by atoms with van der Waals surface area (Å²) in [6, 6.07) is 12.8. The van der Waals surface area contributed by atoms with Gasteiger partial charge in [0.15, 0.2) is 9.84 Å². The Hall–Kier alpha value is -2.25. The second-order valence-electron chi connectivity index (χ2n) is 5.57. The van der Waals surface area contributed by atoms with E-state index in [1.807, 2.05) is 6.92 Å². The van der Waals surface area contributed by atoms with Crippen molar-refractivity contribution in [3.05, 3.63) is 54.1 Å². The number of carbonyl (C=O) groups excluding carboxylic acids is 1. The van der Waals surface area contributed by atoms with Crippen molar-refractivity contribution < 1.29 is 13.2 Å². The van der Waals surface area contributed by atoms with Crippen LogP contribution in [0.2, 0.25) is 0 Å². The lowest BCUT2D eigenvalue weighted by Gasteiger charge is -2.14. The van der Waals surface area contributed by atoms with Crippen molar-refractivity contribution in [2.75, 3.05) is 16.8 Å². The minimum atomic E-state index is -3.45. The first-order valence-corrected chi connectivity index (χ1v) is 9.72.